The Hall–Kier alpha value is -2.91. The van der Waals surface area contributed by atoms with Crippen LogP contribution in [0.4, 0.5) is 0 Å². The second-order valence-electron chi connectivity index (χ2n) is 5.38. The van der Waals surface area contributed by atoms with Crippen LogP contribution in [0.1, 0.15) is 22.5 Å². The summed E-state index contributed by atoms with van der Waals surface area (Å²) in [6.45, 7) is 6.72. The van der Waals surface area contributed by atoms with Crippen LogP contribution in [0, 0.1) is 23.7 Å². The highest BCUT2D eigenvalue weighted by Gasteiger charge is 2.18. The maximum Gasteiger partial charge on any atom is 0.172 e. The minimum atomic E-state index is 0.369. The van der Waals surface area contributed by atoms with Gasteiger partial charge in [-0.1, -0.05) is 6.08 Å². The van der Waals surface area contributed by atoms with Gasteiger partial charge in [0.2, 0.25) is 0 Å². The summed E-state index contributed by atoms with van der Waals surface area (Å²) in [4.78, 5) is 0. The number of nitriles is 1. The van der Waals surface area contributed by atoms with Crippen molar-refractivity contribution in [2.45, 2.75) is 26.3 Å². The lowest BCUT2D eigenvalue weighted by atomic mass is 10.1. The lowest BCUT2D eigenvalue weighted by Gasteiger charge is -2.10. The second kappa shape index (κ2) is 8.09. The van der Waals surface area contributed by atoms with E-state index in [4.69, 9.17) is 21.1 Å². The summed E-state index contributed by atoms with van der Waals surface area (Å²) in [5.41, 5.74) is 8.69. The molecule has 0 unspecified atom stereocenters. The molecule has 24 heavy (non-hydrogen) atoms. The Bertz CT molecular complexity index is 785. The van der Waals surface area contributed by atoms with Crippen LogP contribution < -0.4 is 10.5 Å². The van der Waals surface area contributed by atoms with Crippen LogP contribution in [0.3, 0.4) is 0 Å². The third kappa shape index (κ3) is 3.89. The molecule has 1 aromatic carbocycles. The molecule has 0 aliphatic rings. The summed E-state index contributed by atoms with van der Waals surface area (Å²) in [5, 5.41) is 21.0. The average molecular weight is 323 g/mol. The fourth-order valence-corrected chi connectivity index (χ4v) is 2.51. The minimum absolute atomic E-state index is 0.369. The van der Waals surface area contributed by atoms with Gasteiger partial charge in [-0.15, -0.1) is 6.58 Å². The monoisotopic (exact) mass is 323 g/mol. The number of allylic oxidation sites excluding steroid dienone is 1. The molecule has 0 atom stereocenters. The highest BCUT2D eigenvalue weighted by Crippen LogP contribution is 2.31. The molecular formula is C18H21N5O. The third-order valence-electron chi connectivity index (χ3n) is 3.45. The zero-order valence-corrected chi connectivity index (χ0v) is 13.7. The third-order valence-corrected chi connectivity index (χ3v) is 3.45. The summed E-state index contributed by atoms with van der Waals surface area (Å²) in [6.07, 6.45) is 4.02. The van der Waals surface area contributed by atoms with Crippen molar-refractivity contribution in [2.75, 3.05) is 6.54 Å². The molecule has 0 aliphatic heterocycles. The molecule has 2 aromatic rings. The average Bonchev–Trinajstić information content (AvgIpc) is 2.85. The van der Waals surface area contributed by atoms with E-state index >= 15 is 0 Å². The molecule has 6 heteroatoms. The number of nitrogens with one attached hydrogen (secondary N) is 1. The first-order valence-electron chi connectivity index (χ1n) is 7.71. The molecule has 0 aliphatic carbocycles. The Morgan fingerprint density at radius 1 is 1.42 bits per heavy atom. The predicted molar refractivity (Wildman–Crippen MR) is 93.6 cm³/mol. The smallest absolute Gasteiger partial charge is 0.172 e. The number of benzene rings is 1. The van der Waals surface area contributed by atoms with Crippen LogP contribution >= 0.6 is 0 Å². The van der Waals surface area contributed by atoms with Gasteiger partial charge in [0.25, 0.3) is 0 Å². The molecule has 1 heterocycles. The van der Waals surface area contributed by atoms with E-state index in [0.717, 1.165) is 11.3 Å². The number of hydrogen-bond donors (Lipinski definition) is 2. The molecule has 0 amide bonds. The van der Waals surface area contributed by atoms with Gasteiger partial charge in [-0.05, 0) is 30.7 Å². The second-order valence-corrected chi connectivity index (χ2v) is 5.38. The normalized spacial score (nSPS) is 10.2. The van der Waals surface area contributed by atoms with Crippen molar-refractivity contribution < 1.29 is 4.74 Å². The van der Waals surface area contributed by atoms with Crippen molar-refractivity contribution in [1.82, 2.24) is 9.78 Å². The van der Waals surface area contributed by atoms with Gasteiger partial charge >= 0.3 is 0 Å². The molecule has 0 fully saturated rings. The molecule has 1 aromatic heterocycles. The van der Waals surface area contributed by atoms with Crippen LogP contribution in [0.25, 0.3) is 0 Å². The van der Waals surface area contributed by atoms with Gasteiger partial charge in [-0.2, -0.15) is 10.4 Å². The van der Waals surface area contributed by atoms with Gasteiger partial charge < -0.3 is 15.9 Å². The summed E-state index contributed by atoms with van der Waals surface area (Å²) < 4.78 is 7.87. The number of ether oxygens (including phenoxy) is 1. The molecule has 0 radical (unpaired) electrons. The number of nitrogens with zero attached hydrogens (tertiary/aromatic N) is 3. The molecule has 6 nitrogen and oxygen atoms in total. The molecular weight excluding hydrogens is 302 g/mol. The van der Waals surface area contributed by atoms with Crippen LogP contribution in [-0.2, 0) is 19.4 Å². The maximum absolute atomic E-state index is 9.13. The van der Waals surface area contributed by atoms with Crippen molar-refractivity contribution in [3.8, 4) is 17.6 Å². The van der Waals surface area contributed by atoms with Crippen molar-refractivity contribution in [1.29, 1.82) is 10.7 Å². The largest absolute Gasteiger partial charge is 0.453 e. The van der Waals surface area contributed by atoms with Gasteiger partial charge in [0.1, 0.15) is 11.4 Å². The SMILES string of the molecule is C=CCc1c(Oc2cc(C)cc(C#N)c2)c(CC=N)nn1CCN. The first kappa shape index (κ1) is 17.4. The number of nitrogens with two attached hydrogens (primary N) is 1. The first-order valence-corrected chi connectivity index (χ1v) is 7.71. The van der Waals surface area contributed by atoms with Crippen LogP contribution in [0.15, 0.2) is 30.9 Å². The number of aryl methyl sites for hydroxylation is 1. The maximum atomic E-state index is 9.13. The standard InChI is InChI=1S/C18H21N5O/c1-3-4-17-18(16(5-6-19)22-23(17)8-7-20)24-15-10-13(2)9-14(11-15)12-21/h3,6,9-11,19H,1,4-5,7-8,20H2,2H3. The Morgan fingerprint density at radius 2 is 2.21 bits per heavy atom. The van der Waals surface area contributed by atoms with E-state index in [-0.39, 0.29) is 0 Å². The zero-order chi connectivity index (χ0) is 17.5. The Kier molecular flexibility index (Phi) is 5.88. The highest BCUT2D eigenvalue weighted by molar-refractivity contribution is 5.59. The van der Waals surface area contributed by atoms with Gasteiger partial charge in [0, 0.05) is 25.6 Å². The number of rotatable bonds is 8. The zero-order valence-electron chi connectivity index (χ0n) is 13.7. The molecule has 3 N–H and O–H groups in total. The van der Waals surface area contributed by atoms with Gasteiger partial charge in [-0.25, -0.2) is 0 Å². The predicted octanol–water partition coefficient (Wildman–Crippen LogP) is 2.73. The molecule has 0 bridgehead atoms. The Morgan fingerprint density at radius 3 is 2.83 bits per heavy atom. The number of aromatic nitrogens is 2. The van der Waals surface area contributed by atoms with E-state index in [1.165, 1.54) is 6.21 Å². The fourth-order valence-electron chi connectivity index (χ4n) is 2.51. The molecule has 0 spiro atoms. The van der Waals surface area contributed by atoms with E-state index in [1.807, 2.05) is 13.0 Å². The lowest BCUT2D eigenvalue weighted by Crippen LogP contribution is -2.13. The van der Waals surface area contributed by atoms with Gasteiger partial charge in [0.05, 0.1) is 23.9 Å². The quantitative estimate of drug-likeness (QED) is 0.576. The number of hydrogen-bond acceptors (Lipinski definition) is 5. The van der Waals surface area contributed by atoms with Crippen molar-refractivity contribution in [2.24, 2.45) is 5.73 Å². The Balaban J connectivity index is 2.50. The van der Waals surface area contributed by atoms with E-state index in [1.54, 1.807) is 22.9 Å². The summed E-state index contributed by atoms with van der Waals surface area (Å²) in [6, 6.07) is 7.49. The van der Waals surface area contributed by atoms with E-state index in [0.29, 0.717) is 48.7 Å². The van der Waals surface area contributed by atoms with Gasteiger partial charge in [-0.3, -0.25) is 4.68 Å². The van der Waals surface area contributed by atoms with Crippen LogP contribution in [0.5, 0.6) is 11.5 Å². The van der Waals surface area contributed by atoms with Crippen LogP contribution in [-0.4, -0.2) is 22.5 Å². The van der Waals surface area contributed by atoms with Crippen molar-refractivity contribution in [3.05, 3.63) is 53.4 Å². The Labute approximate surface area is 141 Å². The van der Waals surface area contributed by atoms with Crippen LogP contribution in [0.2, 0.25) is 0 Å². The van der Waals surface area contributed by atoms with E-state index in [9.17, 15) is 0 Å². The van der Waals surface area contributed by atoms with Crippen molar-refractivity contribution >= 4 is 6.21 Å². The molecule has 0 saturated heterocycles. The van der Waals surface area contributed by atoms with Crippen molar-refractivity contribution in [3.63, 3.8) is 0 Å². The van der Waals surface area contributed by atoms with E-state index < -0.39 is 0 Å². The highest BCUT2D eigenvalue weighted by atomic mass is 16.5. The topological polar surface area (TPSA) is 101 Å². The van der Waals surface area contributed by atoms with E-state index in [2.05, 4.69) is 17.7 Å². The fraction of sp³-hybridized carbons (Fsp3) is 0.278. The molecule has 2 rings (SSSR count). The summed E-state index contributed by atoms with van der Waals surface area (Å²) >= 11 is 0. The first-order chi connectivity index (χ1) is 11.6. The summed E-state index contributed by atoms with van der Waals surface area (Å²) in [7, 11) is 0. The lowest BCUT2D eigenvalue weighted by molar-refractivity contribution is 0.469. The minimum Gasteiger partial charge on any atom is -0.453 e. The molecule has 0 saturated carbocycles. The summed E-state index contributed by atoms with van der Waals surface area (Å²) in [5.74, 6) is 1.19. The van der Waals surface area contributed by atoms with Gasteiger partial charge in [0.15, 0.2) is 5.75 Å². The molecule has 124 valence electrons.